The molecule has 0 saturated carbocycles. The lowest BCUT2D eigenvalue weighted by molar-refractivity contribution is -0.133. The van der Waals surface area contributed by atoms with Gasteiger partial charge in [0.1, 0.15) is 0 Å². The molecule has 1 aliphatic heterocycles. The van der Waals surface area contributed by atoms with E-state index in [0.717, 1.165) is 44.3 Å². The smallest absolute Gasteiger partial charge is 0.220 e. The molecule has 154 valence electrons. The number of carbonyl (C=O) groups excluding carboxylic acids is 2. The average Bonchev–Trinajstić information content (AvgIpc) is 2.64. The van der Waals surface area contributed by atoms with Crippen LogP contribution in [0.2, 0.25) is 0 Å². The zero-order chi connectivity index (χ0) is 20.3. The van der Waals surface area contributed by atoms with Gasteiger partial charge < -0.3 is 22.1 Å². The lowest BCUT2D eigenvalue weighted by Crippen LogP contribution is -2.54. The van der Waals surface area contributed by atoms with Gasteiger partial charge in [-0.1, -0.05) is 26.8 Å². The molecule has 6 N–H and O–H groups in total. The van der Waals surface area contributed by atoms with E-state index in [1.54, 1.807) is 0 Å². The molecule has 0 radical (unpaired) electrons. The highest BCUT2D eigenvalue weighted by atomic mass is 16.2. The van der Waals surface area contributed by atoms with Crippen LogP contribution in [0.15, 0.2) is 17.3 Å². The maximum absolute atomic E-state index is 13.2. The predicted molar refractivity (Wildman–Crippen MR) is 110 cm³/mol. The van der Waals surface area contributed by atoms with Crippen LogP contribution in [0.5, 0.6) is 0 Å². The summed E-state index contributed by atoms with van der Waals surface area (Å²) in [6.07, 6.45) is 6.34. The lowest BCUT2D eigenvalue weighted by atomic mass is 9.81. The summed E-state index contributed by atoms with van der Waals surface area (Å²) >= 11 is 0. The van der Waals surface area contributed by atoms with Crippen LogP contribution < -0.4 is 22.1 Å². The number of rotatable bonds is 6. The third-order valence-electron chi connectivity index (χ3n) is 5.48. The highest BCUT2D eigenvalue weighted by Crippen LogP contribution is 2.26. The molecule has 7 nitrogen and oxygen atoms in total. The van der Waals surface area contributed by atoms with E-state index >= 15 is 0 Å². The van der Waals surface area contributed by atoms with Crippen molar-refractivity contribution in [2.75, 3.05) is 13.1 Å². The van der Waals surface area contributed by atoms with Crippen molar-refractivity contribution in [3.63, 3.8) is 0 Å². The van der Waals surface area contributed by atoms with E-state index in [9.17, 15) is 9.59 Å². The Morgan fingerprint density at radius 1 is 1.22 bits per heavy atom. The molecule has 0 bridgehead atoms. The molecule has 0 aromatic heterocycles. The Hall–Kier alpha value is -2.05. The van der Waals surface area contributed by atoms with Gasteiger partial charge in [-0.2, -0.15) is 0 Å². The molecule has 1 saturated heterocycles. The number of guanidine groups is 1. The van der Waals surface area contributed by atoms with E-state index in [1.807, 2.05) is 13.8 Å². The van der Waals surface area contributed by atoms with E-state index in [1.165, 1.54) is 0 Å². The number of nitrogens with one attached hydrogen (secondary N) is 2. The predicted octanol–water partition coefficient (Wildman–Crippen LogP) is 1.97. The Labute approximate surface area is 163 Å². The van der Waals surface area contributed by atoms with Crippen LogP contribution in [-0.4, -0.2) is 36.3 Å². The SMILES string of the molecule is C=C1NCCCCCC(=O)NC(CC)(CC)C(=O)C[C@H]1CCCN=C(N)N. The van der Waals surface area contributed by atoms with Crippen molar-refractivity contribution < 1.29 is 9.59 Å². The maximum Gasteiger partial charge on any atom is 0.220 e. The molecule has 1 rings (SSSR count). The molecule has 1 amide bonds. The van der Waals surface area contributed by atoms with Crippen molar-refractivity contribution in [1.29, 1.82) is 0 Å². The Bertz CT molecular complexity index is 536. The quantitative estimate of drug-likeness (QED) is 0.319. The van der Waals surface area contributed by atoms with Crippen LogP contribution in [0.3, 0.4) is 0 Å². The largest absolute Gasteiger partial charge is 0.389 e. The van der Waals surface area contributed by atoms with Gasteiger partial charge >= 0.3 is 0 Å². The van der Waals surface area contributed by atoms with Crippen LogP contribution in [0.1, 0.15) is 71.6 Å². The number of amides is 1. The maximum atomic E-state index is 13.2. The van der Waals surface area contributed by atoms with Crippen LogP contribution in [0, 0.1) is 5.92 Å². The number of hydrogen-bond acceptors (Lipinski definition) is 4. The molecule has 1 fully saturated rings. The Morgan fingerprint density at radius 3 is 2.56 bits per heavy atom. The molecular formula is C20H37N5O2. The second-order valence-corrected chi connectivity index (χ2v) is 7.37. The molecule has 7 heteroatoms. The molecule has 0 aliphatic carbocycles. The van der Waals surface area contributed by atoms with Crippen molar-refractivity contribution in [1.82, 2.24) is 10.6 Å². The van der Waals surface area contributed by atoms with Gasteiger partial charge in [0.05, 0.1) is 5.54 Å². The third kappa shape index (κ3) is 7.61. The van der Waals surface area contributed by atoms with Gasteiger partial charge in [0, 0.05) is 37.5 Å². The van der Waals surface area contributed by atoms with E-state index in [2.05, 4.69) is 22.2 Å². The molecule has 1 atom stereocenters. The van der Waals surface area contributed by atoms with Crippen LogP contribution in [0.4, 0.5) is 0 Å². The minimum atomic E-state index is -0.788. The fourth-order valence-corrected chi connectivity index (χ4v) is 3.57. The number of ketones is 1. The topological polar surface area (TPSA) is 123 Å². The number of aliphatic imine (C=N–C) groups is 1. The number of Topliss-reactive ketones (excluding diaryl/α,β-unsaturated/α-hetero) is 1. The van der Waals surface area contributed by atoms with Crippen LogP contribution >= 0.6 is 0 Å². The first-order valence-corrected chi connectivity index (χ1v) is 10.2. The molecule has 0 aromatic rings. The van der Waals surface area contributed by atoms with Crippen molar-refractivity contribution in [2.45, 2.75) is 77.2 Å². The molecule has 27 heavy (non-hydrogen) atoms. The first kappa shape index (κ1) is 23.0. The standard InChI is InChI=1S/C20H37N5O2/c1-4-20(5-2)17(26)14-16(10-9-13-24-19(21)22)15(3)23-12-8-6-7-11-18(27)25-20/h16,23H,3-14H2,1-2H3,(H,25,27)(H4,21,22,24)/t16-/m1/s1. The van der Waals surface area contributed by atoms with E-state index in [4.69, 9.17) is 11.5 Å². The minimum absolute atomic E-state index is 0.00169. The third-order valence-corrected chi connectivity index (χ3v) is 5.48. The first-order chi connectivity index (χ1) is 12.8. The van der Waals surface area contributed by atoms with Crippen molar-refractivity contribution in [3.8, 4) is 0 Å². The summed E-state index contributed by atoms with van der Waals surface area (Å²) in [5.74, 6) is 0.135. The number of hydrogen-bond donors (Lipinski definition) is 4. The van der Waals surface area contributed by atoms with E-state index in [-0.39, 0.29) is 23.6 Å². The summed E-state index contributed by atoms with van der Waals surface area (Å²) in [6.45, 7) is 9.43. The van der Waals surface area contributed by atoms with Gasteiger partial charge in [-0.25, -0.2) is 0 Å². The second kappa shape index (κ2) is 11.6. The number of carbonyl (C=O) groups is 2. The molecule has 1 aliphatic rings. The molecular weight excluding hydrogens is 342 g/mol. The summed E-state index contributed by atoms with van der Waals surface area (Å²) in [5, 5.41) is 6.42. The summed E-state index contributed by atoms with van der Waals surface area (Å²) < 4.78 is 0. The van der Waals surface area contributed by atoms with Crippen molar-refractivity contribution >= 4 is 17.6 Å². The van der Waals surface area contributed by atoms with Gasteiger partial charge in [0.15, 0.2) is 11.7 Å². The fourth-order valence-electron chi connectivity index (χ4n) is 3.57. The van der Waals surface area contributed by atoms with E-state index < -0.39 is 5.54 Å². The highest BCUT2D eigenvalue weighted by Gasteiger charge is 2.37. The Morgan fingerprint density at radius 2 is 1.93 bits per heavy atom. The number of nitrogens with zero attached hydrogens (tertiary/aromatic N) is 1. The molecule has 0 unspecified atom stereocenters. The summed E-state index contributed by atoms with van der Waals surface area (Å²) in [5.41, 5.74) is 10.9. The second-order valence-electron chi connectivity index (χ2n) is 7.37. The summed E-state index contributed by atoms with van der Waals surface area (Å²) in [6, 6.07) is 0. The van der Waals surface area contributed by atoms with Gasteiger partial charge in [-0.05, 0) is 38.5 Å². The average molecular weight is 380 g/mol. The number of allylic oxidation sites excluding steroid dienone is 1. The van der Waals surface area contributed by atoms with Crippen molar-refractivity contribution in [2.24, 2.45) is 22.4 Å². The number of nitrogens with two attached hydrogens (primary N) is 2. The normalized spacial score (nSPS) is 21.9. The fraction of sp³-hybridized carbons (Fsp3) is 0.750. The van der Waals surface area contributed by atoms with Crippen LogP contribution in [-0.2, 0) is 9.59 Å². The van der Waals surface area contributed by atoms with Gasteiger partial charge in [-0.15, -0.1) is 0 Å². The van der Waals surface area contributed by atoms with Gasteiger partial charge in [0.25, 0.3) is 0 Å². The lowest BCUT2D eigenvalue weighted by Gasteiger charge is -2.33. The molecule has 1 heterocycles. The Balaban J connectivity index is 2.95. The first-order valence-electron chi connectivity index (χ1n) is 10.2. The monoisotopic (exact) mass is 379 g/mol. The summed E-state index contributed by atoms with van der Waals surface area (Å²) in [7, 11) is 0. The van der Waals surface area contributed by atoms with E-state index in [0.29, 0.717) is 32.2 Å². The zero-order valence-electron chi connectivity index (χ0n) is 17.0. The van der Waals surface area contributed by atoms with Crippen molar-refractivity contribution in [3.05, 3.63) is 12.3 Å². The summed E-state index contributed by atoms with van der Waals surface area (Å²) in [4.78, 5) is 29.6. The Kier molecular flexibility index (Phi) is 9.89. The zero-order valence-corrected chi connectivity index (χ0v) is 17.0. The van der Waals surface area contributed by atoms with Gasteiger partial charge in [-0.3, -0.25) is 14.6 Å². The molecule has 0 aromatic carbocycles. The van der Waals surface area contributed by atoms with Gasteiger partial charge in [0.2, 0.25) is 5.91 Å². The van der Waals surface area contributed by atoms with Crippen LogP contribution in [0.25, 0.3) is 0 Å². The minimum Gasteiger partial charge on any atom is -0.389 e. The molecule has 0 spiro atoms. The highest BCUT2D eigenvalue weighted by molar-refractivity contribution is 5.93.